The minimum absolute atomic E-state index is 0. The topological polar surface area (TPSA) is 107 Å². The molecule has 0 unspecified atom stereocenters. The molecular formula is C18H19N3O3. The number of benzene rings is 1. The molecule has 6 heteroatoms. The van der Waals surface area contributed by atoms with E-state index in [4.69, 9.17) is 5.11 Å². The molecule has 0 spiro atoms. The van der Waals surface area contributed by atoms with E-state index in [2.05, 4.69) is 15.3 Å². The van der Waals surface area contributed by atoms with Crippen LogP contribution in [0, 0.1) is 0 Å². The highest BCUT2D eigenvalue weighted by molar-refractivity contribution is 5.88. The molecule has 2 heterocycles. The molecule has 0 aliphatic heterocycles. The van der Waals surface area contributed by atoms with Crippen molar-refractivity contribution >= 4 is 11.6 Å². The molecule has 1 amide bonds. The van der Waals surface area contributed by atoms with Crippen molar-refractivity contribution in [3.63, 3.8) is 0 Å². The average molecular weight is 325 g/mol. The number of anilines is 1. The number of carbonyl (C=O) groups is 1. The minimum Gasteiger partial charge on any atom is -0.508 e. The average Bonchev–Trinajstić information content (AvgIpc) is 2.59. The Morgan fingerprint density at radius 3 is 1.62 bits per heavy atom. The maximum atomic E-state index is 10.5. The van der Waals surface area contributed by atoms with Crippen molar-refractivity contribution < 1.29 is 15.4 Å². The fraction of sp³-hybridized carbons (Fsp3) is 0.0556. The van der Waals surface area contributed by atoms with Crippen molar-refractivity contribution in [3.05, 3.63) is 73.3 Å². The molecule has 0 atom stereocenters. The van der Waals surface area contributed by atoms with Crippen molar-refractivity contribution in [3.8, 4) is 16.9 Å². The van der Waals surface area contributed by atoms with Crippen LogP contribution in [0.5, 0.6) is 5.75 Å². The lowest BCUT2D eigenvalue weighted by molar-refractivity contribution is -0.114. The number of nitrogens with one attached hydrogen (secondary N) is 1. The first kappa shape index (κ1) is 18.8. The van der Waals surface area contributed by atoms with Crippen LogP contribution in [0.1, 0.15) is 6.92 Å². The molecule has 6 nitrogen and oxygen atoms in total. The highest BCUT2D eigenvalue weighted by Crippen LogP contribution is 2.15. The largest absolute Gasteiger partial charge is 0.508 e. The Bertz CT molecular complexity index is 695. The summed E-state index contributed by atoms with van der Waals surface area (Å²) in [5, 5.41) is 11.5. The maximum absolute atomic E-state index is 10.5. The van der Waals surface area contributed by atoms with Crippen LogP contribution < -0.4 is 5.32 Å². The van der Waals surface area contributed by atoms with Crippen LogP contribution >= 0.6 is 0 Å². The van der Waals surface area contributed by atoms with Gasteiger partial charge in [-0.2, -0.15) is 0 Å². The van der Waals surface area contributed by atoms with E-state index in [0.29, 0.717) is 5.69 Å². The fourth-order valence-corrected chi connectivity index (χ4v) is 1.84. The lowest BCUT2D eigenvalue weighted by Gasteiger charge is -1.99. The third-order valence-electron chi connectivity index (χ3n) is 2.88. The fourth-order valence-electron chi connectivity index (χ4n) is 1.84. The van der Waals surface area contributed by atoms with Gasteiger partial charge in [0, 0.05) is 37.4 Å². The summed E-state index contributed by atoms with van der Waals surface area (Å²) in [6.45, 7) is 1.44. The van der Waals surface area contributed by atoms with Gasteiger partial charge in [-0.15, -0.1) is 0 Å². The normalized spacial score (nSPS) is 9.04. The van der Waals surface area contributed by atoms with Gasteiger partial charge in [0.05, 0.1) is 0 Å². The summed E-state index contributed by atoms with van der Waals surface area (Å²) in [6, 6.07) is 14.2. The third-order valence-corrected chi connectivity index (χ3v) is 2.88. The molecule has 4 N–H and O–H groups in total. The molecule has 0 saturated heterocycles. The van der Waals surface area contributed by atoms with E-state index >= 15 is 0 Å². The van der Waals surface area contributed by atoms with Crippen molar-refractivity contribution in [1.82, 2.24) is 9.97 Å². The van der Waals surface area contributed by atoms with Gasteiger partial charge in [-0.3, -0.25) is 14.8 Å². The molecule has 0 radical (unpaired) electrons. The van der Waals surface area contributed by atoms with Gasteiger partial charge in [0.15, 0.2) is 0 Å². The first-order valence-corrected chi connectivity index (χ1v) is 7.02. The number of phenols is 1. The predicted molar refractivity (Wildman–Crippen MR) is 93.5 cm³/mol. The Morgan fingerprint density at radius 1 is 0.833 bits per heavy atom. The van der Waals surface area contributed by atoms with Gasteiger partial charge >= 0.3 is 0 Å². The Kier molecular flexibility index (Phi) is 7.60. The van der Waals surface area contributed by atoms with Crippen LogP contribution in [0.15, 0.2) is 73.3 Å². The molecule has 0 bridgehead atoms. The van der Waals surface area contributed by atoms with E-state index in [0.717, 1.165) is 0 Å². The van der Waals surface area contributed by atoms with Gasteiger partial charge in [-0.05, 0) is 59.7 Å². The molecule has 1 aromatic carbocycles. The van der Waals surface area contributed by atoms with Gasteiger partial charge in [-0.25, -0.2) is 0 Å². The summed E-state index contributed by atoms with van der Waals surface area (Å²) >= 11 is 0. The number of aromatic nitrogens is 2. The van der Waals surface area contributed by atoms with Gasteiger partial charge in [0.25, 0.3) is 0 Å². The van der Waals surface area contributed by atoms with E-state index in [-0.39, 0.29) is 17.1 Å². The number of phenolic OH excluding ortho intramolecular Hbond substituents is 1. The second kappa shape index (κ2) is 9.70. The summed E-state index contributed by atoms with van der Waals surface area (Å²) < 4.78 is 0. The highest BCUT2D eigenvalue weighted by Gasteiger charge is 1.94. The van der Waals surface area contributed by atoms with Crippen molar-refractivity contribution in [2.75, 3.05) is 5.32 Å². The van der Waals surface area contributed by atoms with Crippen LogP contribution in [-0.4, -0.2) is 26.5 Å². The number of aromatic hydroxyl groups is 1. The third kappa shape index (κ3) is 6.25. The highest BCUT2D eigenvalue weighted by atomic mass is 16.3. The van der Waals surface area contributed by atoms with Crippen LogP contribution in [0.4, 0.5) is 5.69 Å². The molecular weight excluding hydrogens is 306 g/mol. The summed E-state index contributed by atoms with van der Waals surface area (Å²) in [7, 11) is 0. The lowest BCUT2D eigenvalue weighted by Crippen LogP contribution is -2.04. The summed E-state index contributed by atoms with van der Waals surface area (Å²) in [4.78, 5) is 18.4. The number of nitrogens with zero attached hydrogens (tertiary/aromatic N) is 2. The minimum atomic E-state index is -0.115. The molecule has 124 valence electrons. The number of carbonyl (C=O) groups excluding carboxylic acids is 1. The molecule has 2 aromatic heterocycles. The lowest BCUT2D eigenvalue weighted by atomic mass is 10.1. The van der Waals surface area contributed by atoms with Crippen LogP contribution in [0.25, 0.3) is 11.1 Å². The SMILES string of the molecule is CC(=O)Nc1ccc(O)cc1.O.c1cc(-c2ccncc2)ccn1. The molecule has 24 heavy (non-hydrogen) atoms. The maximum Gasteiger partial charge on any atom is 0.221 e. The van der Waals surface area contributed by atoms with Crippen molar-refractivity contribution in [1.29, 1.82) is 0 Å². The van der Waals surface area contributed by atoms with E-state index in [9.17, 15) is 4.79 Å². The van der Waals surface area contributed by atoms with E-state index in [1.54, 1.807) is 36.9 Å². The molecule has 0 aliphatic rings. The second-order valence-electron chi connectivity index (χ2n) is 4.70. The Hall–Kier alpha value is -3.25. The van der Waals surface area contributed by atoms with Crippen LogP contribution in [0.3, 0.4) is 0 Å². The van der Waals surface area contributed by atoms with Gasteiger partial charge in [-0.1, -0.05) is 0 Å². The second-order valence-corrected chi connectivity index (χ2v) is 4.70. The summed E-state index contributed by atoms with van der Waals surface area (Å²) in [6.07, 6.45) is 7.15. The van der Waals surface area contributed by atoms with Crippen molar-refractivity contribution in [2.45, 2.75) is 6.92 Å². The van der Waals surface area contributed by atoms with Crippen molar-refractivity contribution in [2.24, 2.45) is 0 Å². The number of rotatable bonds is 2. The summed E-state index contributed by atoms with van der Waals surface area (Å²) in [5.74, 6) is 0.0785. The number of hydrogen-bond acceptors (Lipinski definition) is 4. The molecule has 3 aromatic rings. The molecule has 0 saturated carbocycles. The van der Waals surface area contributed by atoms with E-state index in [1.165, 1.54) is 30.2 Å². The zero-order valence-electron chi connectivity index (χ0n) is 13.2. The zero-order chi connectivity index (χ0) is 16.5. The smallest absolute Gasteiger partial charge is 0.221 e. The first-order chi connectivity index (χ1) is 11.1. The monoisotopic (exact) mass is 325 g/mol. The van der Waals surface area contributed by atoms with Crippen LogP contribution in [-0.2, 0) is 4.79 Å². The quantitative estimate of drug-likeness (QED) is 0.706. The van der Waals surface area contributed by atoms with Gasteiger partial charge in [0.1, 0.15) is 5.75 Å². The Labute approximate surface area is 140 Å². The van der Waals surface area contributed by atoms with Gasteiger partial charge in [0.2, 0.25) is 5.91 Å². The molecule has 0 fully saturated rings. The standard InChI is InChI=1S/C10H8N2.C8H9NO2.H2O/c1-5-11-6-2-9(1)10-3-7-12-8-4-10;1-6(10)9-7-2-4-8(11)5-3-7;/h1-8H;2-5,11H,1H3,(H,9,10);1H2. The van der Waals surface area contributed by atoms with Crippen LogP contribution in [0.2, 0.25) is 0 Å². The number of hydrogen-bond donors (Lipinski definition) is 2. The zero-order valence-corrected chi connectivity index (χ0v) is 13.2. The summed E-state index contributed by atoms with van der Waals surface area (Å²) in [5.41, 5.74) is 3.04. The van der Waals surface area contributed by atoms with E-state index in [1.807, 2.05) is 24.3 Å². The Morgan fingerprint density at radius 2 is 1.25 bits per heavy atom. The predicted octanol–water partition coefficient (Wildman–Crippen LogP) is 2.67. The molecule has 3 rings (SSSR count). The number of amides is 1. The van der Waals surface area contributed by atoms with Gasteiger partial charge < -0.3 is 15.9 Å². The number of pyridine rings is 2. The molecule has 0 aliphatic carbocycles. The van der Waals surface area contributed by atoms with E-state index < -0.39 is 0 Å². The first-order valence-electron chi connectivity index (χ1n) is 7.02. The Balaban J connectivity index is 0.000000232.